The number of hydrogen-bond acceptors (Lipinski definition) is 3. The van der Waals surface area contributed by atoms with Gasteiger partial charge in [-0.3, -0.25) is 4.79 Å². The number of halogens is 2. The molecule has 0 radical (unpaired) electrons. The largest absolute Gasteiger partial charge is 0.364 e. The van der Waals surface area contributed by atoms with Gasteiger partial charge in [0.05, 0.1) is 0 Å². The van der Waals surface area contributed by atoms with Crippen LogP contribution >= 0.6 is 0 Å². The molecule has 0 atom stereocenters. The highest BCUT2D eigenvalue weighted by molar-refractivity contribution is 5.96. The third-order valence-corrected chi connectivity index (χ3v) is 1.97. The van der Waals surface area contributed by atoms with E-state index in [9.17, 15) is 13.6 Å². The van der Waals surface area contributed by atoms with Gasteiger partial charge in [-0.05, 0) is 18.2 Å². The minimum absolute atomic E-state index is 0.0893. The third-order valence-electron chi connectivity index (χ3n) is 1.97. The number of H-pyrrole nitrogens is 1. The van der Waals surface area contributed by atoms with Gasteiger partial charge in [-0.2, -0.15) is 15.4 Å². The Hall–Kier alpha value is -2.31. The topological polar surface area (TPSA) is 84.7 Å². The lowest BCUT2D eigenvalue weighted by molar-refractivity contribution is 0.0996. The number of carbonyl (C=O) groups excluding carboxylic acids is 1. The number of nitrogens with two attached hydrogens (primary N) is 1. The molecule has 16 heavy (non-hydrogen) atoms. The third kappa shape index (κ3) is 1.62. The van der Waals surface area contributed by atoms with Crippen LogP contribution in [0.15, 0.2) is 18.2 Å². The molecule has 3 N–H and O–H groups in total. The van der Waals surface area contributed by atoms with Crippen LogP contribution < -0.4 is 5.73 Å². The maximum atomic E-state index is 13.0. The Bertz CT molecular complexity index is 552. The van der Waals surface area contributed by atoms with Gasteiger partial charge in [0, 0.05) is 5.56 Å². The number of primary amides is 1. The minimum Gasteiger partial charge on any atom is -0.364 e. The van der Waals surface area contributed by atoms with Crippen LogP contribution in [0, 0.1) is 11.6 Å². The Morgan fingerprint density at radius 2 is 2.00 bits per heavy atom. The molecule has 1 aromatic carbocycles. The van der Waals surface area contributed by atoms with Crippen molar-refractivity contribution in [1.82, 2.24) is 15.4 Å². The fourth-order valence-corrected chi connectivity index (χ4v) is 1.25. The van der Waals surface area contributed by atoms with Crippen LogP contribution in [0.3, 0.4) is 0 Å². The van der Waals surface area contributed by atoms with E-state index in [4.69, 9.17) is 5.73 Å². The maximum absolute atomic E-state index is 13.0. The summed E-state index contributed by atoms with van der Waals surface area (Å²) in [6, 6.07) is 3.13. The average molecular weight is 224 g/mol. The van der Waals surface area contributed by atoms with Crippen molar-refractivity contribution in [3.05, 3.63) is 35.5 Å². The van der Waals surface area contributed by atoms with E-state index < -0.39 is 17.5 Å². The lowest BCUT2D eigenvalue weighted by Crippen LogP contribution is -2.12. The van der Waals surface area contributed by atoms with Gasteiger partial charge in [-0.1, -0.05) is 0 Å². The van der Waals surface area contributed by atoms with Crippen LogP contribution in [0.4, 0.5) is 8.78 Å². The minimum atomic E-state index is -1.03. The highest BCUT2D eigenvalue weighted by Gasteiger charge is 2.16. The SMILES string of the molecule is NC(=O)c1n[nH]nc1-c1ccc(F)c(F)c1. The first-order valence-electron chi connectivity index (χ1n) is 4.25. The number of aromatic amines is 1. The number of benzene rings is 1. The molecule has 1 amide bonds. The molecule has 0 unspecified atom stereocenters. The van der Waals surface area contributed by atoms with Gasteiger partial charge in [-0.25, -0.2) is 8.78 Å². The Balaban J connectivity index is 2.54. The second-order valence-electron chi connectivity index (χ2n) is 3.01. The highest BCUT2D eigenvalue weighted by Crippen LogP contribution is 2.21. The number of nitrogens with one attached hydrogen (secondary N) is 1. The number of carbonyl (C=O) groups is 1. The van der Waals surface area contributed by atoms with Crippen LogP contribution in [0.5, 0.6) is 0 Å². The van der Waals surface area contributed by atoms with Crippen molar-refractivity contribution in [3.8, 4) is 11.3 Å². The highest BCUT2D eigenvalue weighted by atomic mass is 19.2. The molecule has 0 saturated carbocycles. The Kier molecular flexibility index (Phi) is 2.35. The summed E-state index contributed by atoms with van der Waals surface area (Å²) in [5.41, 5.74) is 5.23. The van der Waals surface area contributed by atoms with Crippen molar-refractivity contribution in [2.45, 2.75) is 0 Å². The standard InChI is InChI=1S/C9H6F2N4O/c10-5-2-1-4(3-6(5)11)7-8(9(12)16)14-15-13-7/h1-3H,(H2,12,16)(H,13,14,15). The van der Waals surface area contributed by atoms with Crippen LogP contribution in [-0.4, -0.2) is 21.3 Å². The molecule has 5 nitrogen and oxygen atoms in total. The number of aromatic nitrogens is 3. The van der Waals surface area contributed by atoms with Crippen molar-refractivity contribution in [2.24, 2.45) is 5.73 Å². The second-order valence-corrected chi connectivity index (χ2v) is 3.01. The predicted molar refractivity (Wildman–Crippen MR) is 50.3 cm³/mol. The summed E-state index contributed by atoms with van der Waals surface area (Å²) >= 11 is 0. The molecule has 82 valence electrons. The monoisotopic (exact) mass is 224 g/mol. The van der Waals surface area contributed by atoms with Gasteiger partial charge in [0.2, 0.25) is 0 Å². The lowest BCUT2D eigenvalue weighted by atomic mass is 10.1. The molecule has 1 aromatic heterocycles. The van der Waals surface area contributed by atoms with E-state index in [1.54, 1.807) is 0 Å². The first kappa shape index (κ1) is 10.2. The number of amides is 1. The van der Waals surface area contributed by atoms with E-state index in [1.165, 1.54) is 6.07 Å². The summed E-state index contributed by atoms with van der Waals surface area (Å²) in [7, 11) is 0. The van der Waals surface area contributed by atoms with E-state index in [0.29, 0.717) is 0 Å². The quantitative estimate of drug-likeness (QED) is 0.792. The van der Waals surface area contributed by atoms with Crippen molar-refractivity contribution >= 4 is 5.91 Å². The number of hydrogen-bond donors (Lipinski definition) is 2. The molecule has 2 aromatic rings. The fourth-order valence-electron chi connectivity index (χ4n) is 1.25. The summed E-state index contributed by atoms with van der Waals surface area (Å²) < 4.78 is 25.6. The van der Waals surface area contributed by atoms with Crippen LogP contribution in [-0.2, 0) is 0 Å². The van der Waals surface area contributed by atoms with Crippen molar-refractivity contribution in [3.63, 3.8) is 0 Å². The summed E-state index contributed by atoms with van der Waals surface area (Å²) in [5, 5.41) is 9.36. The zero-order valence-electron chi connectivity index (χ0n) is 7.87. The average Bonchev–Trinajstić information content (AvgIpc) is 2.71. The van der Waals surface area contributed by atoms with Crippen LogP contribution in [0.1, 0.15) is 10.5 Å². The van der Waals surface area contributed by atoms with Gasteiger partial charge in [0.25, 0.3) is 5.91 Å². The molecule has 0 aliphatic rings. The summed E-state index contributed by atoms with van der Waals surface area (Å²) in [6.45, 7) is 0. The van der Waals surface area contributed by atoms with Gasteiger partial charge in [0.15, 0.2) is 17.3 Å². The maximum Gasteiger partial charge on any atom is 0.271 e. The molecule has 0 fully saturated rings. The van der Waals surface area contributed by atoms with Crippen molar-refractivity contribution in [2.75, 3.05) is 0 Å². The normalized spacial score (nSPS) is 10.4. The van der Waals surface area contributed by atoms with Gasteiger partial charge in [-0.15, -0.1) is 0 Å². The van der Waals surface area contributed by atoms with E-state index in [1.807, 2.05) is 0 Å². The molecule has 2 rings (SSSR count). The Labute approximate surface area is 88.3 Å². The van der Waals surface area contributed by atoms with Crippen molar-refractivity contribution < 1.29 is 13.6 Å². The molecule has 0 aliphatic carbocycles. The zero-order chi connectivity index (χ0) is 11.7. The summed E-state index contributed by atoms with van der Waals surface area (Å²) in [4.78, 5) is 10.9. The van der Waals surface area contributed by atoms with E-state index in [2.05, 4.69) is 15.4 Å². The van der Waals surface area contributed by atoms with E-state index in [-0.39, 0.29) is 17.0 Å². The Morgan fingerprint density at radius 3 is 2.62 bits per heavy atom. The Morgan fingerprint density at radius 1 is 1.25 bits per heavy atom. The van der Waals surface area contributed by atoms with E-state index >= 15 is 0 Å². The molecule has 7 heteroatoms. The van der Waals surface area contributed by atoms with Crippen LogP contribution in [0.25, 0.3) is 11.3 Å². The molecule has 0 saturated heterocycles. The molecule has 1 heterocycles. The molecular weight excluding hydrogens is 218 g/mol. The fraction of sp³-hybridized carbons (Fsp3) is 0. The van der Waals surface area contributed by atoms with Gasteiger partial charge >= 0.3 is 0 Å². The smallest absolute Gasteiger partial charge is 0.271 e. The number of nitrogens with zero attached hydrogens (tertiary/aromatic N) is 2. The first-order chi connectivity index (χ1) is 7.59. The van der Waals surface area contributed by atoms with Gasteiger partial charge < -0.3 is 5.73 Å². The zero-order valence-corrected chi connectivity index (χ0v) is 7.87. The molecular formula is C9H6F2N4O. The first-order valence-corrected chi connectivity index (χ1v) is 4.25. The number of rotatable bonds is 2. The molecule has 0 spiro atoms. The molecule has 0 bridgehead atoms. The molecule has 0 aliphatic heterocycles. The van der Waals surface area contributed by atoms with Crippen molar-refractivity contribution in [1.29, 1.82) is 0 Å². The second kappa shape index (κ2) is 3.69. The van der Waals surface area contributed by atoms with E-state index in [0.717, 1.165) is 12.1 Å². The van der Waals surface area contributed by atoms with Gasteiger partial charge in [0.1, 0.15) is 5.69 Å². The van der Waals surface area contributed by atoms with Crippen LogP contribution in [0.2, 0.25) is 0 Å². The summed E-state index contributed by atoms with van der Waals surface area (Å²) in [5.74, 6) is -2.81. The lowest BCUT2D eigenvalue weighted by Gasteiger charge is -1.98. The summed E-state index contributed by atoms with van der Waals surface area (Å²) in [6.07, 6.45) is 0. The predicted octanol–water partition coefficient (Wildman–Crippen LogP) is 0.849.